The Labute approximate surface area is 114 Å². The fraction of sp³-hybridized carbons (Fsp3) is 0.400. The minimum atomic E-state index is -0.105. The van der Waals surface area contributed by atoms with Gasteiger partial charge in [0.25, 0.3) is 0 Å². The average Bonchev–Trinajstić information content (AvgIpc) is 2.83. The van der Waals surface area contributed by atoms with Crippen LogP contribution in [0.4, 0.5) is 0 Å². The van der Waals surface area contributed by atoms with Crippen molar-refractivity contribution in [2.24, 2.45) is 5.73 Å². The Bertz CT molecular complexity index is 507. The molecule has 2 rings (SSSR count). The molecular formula is C15H21N3O. The summed E-state index contributed by atoms with van der Waals surface area (Å²) in [4.78, 5) is 0. The molecule has 0 amide bonds. The van der Waals surface area contributed by atoms with Gasteiger partial charge in [0, 0.05) is 6.54 Å². The van der Waals surface area contributed by atoms with Gasteiger partial charge < -0.3 is 10.5 Å². The quantitative estimate of drug-likeness (QED) is 0.867. The van der Waals surface area contributed by atoms with Crippen molar-refractivity contribution < 1.29 is 4.74 Å². The predicted octanol–water partition coefficient (Wildman–Crippen LogP) is 2.54. The molecule has 1 atom stereocenters. The highest BCUT2D eigenvalue weighted by Crippen LogP contribution is 2.26. The van der Waals surface area contributed by atoms with E-state index in [-0.39, 0.29) is 6.04 Å². The fourth-order valence-electron chi connectivity index (χ4n) is 2.26. The molecule has 1 unspecified atom stereocenters. The van der Waals surface area contributed by atoms with Crippen LogP contribution in [0.5, 0.6) is 5.75 Å². The fourth-order valence-corrected chi connectivity index (χ4v) is 2.26. The molecule has 19 heavy (non-hydrogen) atoms. The van der Waals surface area contributed by atoms with E-state index in [1.165, 1.54) is 5.56 Å². The average molecular weight is 259 g/mol. The summed E-state index contributed by atoms with van der Waals surface area (Å²) in [5.74, 6) is 0.775. The van der Waals surface area contributed by atoms with Gasteiger partial charge in [-0.3, -0.25) is 4.68 Å². The highest BCUT2D eigenvalue weighted by molar-refractivity contribution is 5.30. The summed E-state index contributed by atoms with van der Waals surface area (Å²) in [7, 11) is 1.66. The second-order valence-electron chi connectivity index (χ2n) is 4.62. The maximum absolute atomic E-state index is 6.34. The number of methoxy groups -OCH3 is 1. The standard InChI is InChI=1S/C15H21N3O/c1-3-9-18-15(14(19-2)11-17-18)13(16)10-12-7-5-4-6-8-12/h4-8,11,13H,3,9-10,16H2,1-2H3. The summed E-state index contributed by atoms with van der Waals surface area (Å²) in [6, 6.07) is 10.1. The van der Waals surface area contributed by atoms with Crippen LogP contribution in [0, 0.1) is 0 Å². The van der Waals surface area contributed by atoms with Crippen molar-refractivity contribution in [1.29, 1.82) is 0 Å². The van der Waals surface area contributed by atoms with Crippen LogP contribution in [0.1, 0.15) is 30.6 Å². The van der Waals surface area contributed by atoms with Gasteiger partial charge in [0.1, 0.15) is 0 Å². The van der Waals surface area contributed by atoms with Crippen LogP contribution in [0.2, 0.25) is 0 Å². The van der Waals surface area contributed by atoms with Crippen LogP contribution in [0.25, 0.3) is 0 Å². The van der Waals surface area contributed by atoms with Gasteiger partial charge in [-0.05, 0) is 18.4 Å². The first-order chi connectivity index (χ1) is 9.26. The topological polar surface area (TPSA) is 53.1 Å². The number of hydrogen-bond acceptors (Lipinski definition) is 3. The maximum Gasteiger partial charge on any atom is 0.161 e. The summed E-state index contributed by atoms with van der Waals surface area (Å²) < 4.78 is 7.32. The first-order valence-corrected chi connectivity index (χ1v) is 6.65. The lowest BCUT2D eigenvalue weighted by Gasteiger charge is -2.15. The third-order valence-electron chi connectivity index (χ3n) is 3.15. The van der Waals surface area contributed by atoms with E-state index in [1.807, 2.05) is 22.9 Å². The molecular weight excluding hydrogens is 238 g/mol. The zero-order valence-electron chi connectivity index (χ0n) is 11.5. The molecule has 0 spiro atoms. The Morgan fingerprint density at radius 1 is 1.32 bits per heavy atom. The summed E-state index contributed by atoms with van der Waals surface area (Å²) in [6.07, 6.45) is 3.55. The Balaban J connectivity index is 2.22. The summed E-state index contributed by atoms with van der Waals surface area (Å²) >= 11 is 0. The van der Waals surface area contributed by atoms with Crippen LogP contribution >= 0.6 is 0 Å². The van der Waals surface area contributed by atoms with Gasteiger partial charge in [-0.1, -0.05) is 37.3 Å². The van der Waals surface area contributed by atoms with Crippen LogP contribution in [0.3, 0.4) is 0 Å². The molecule has 0 fully saturated rings. The molecule has 1 aromatic heterocycles. The van der Waals surface area contributed by atoms with Gasteiger partial charge in [-0.2, -0.15) is 5.10 Å². The highest BCUT2D eigenvalue weighted by Gasteiger charge is 2.18. The minimum absolute atomic E-state index is 0.105. The number of aryl methyl sites for hydroxylation is 1. The van der Waals surface area contributed by atoms with Crippen LogP contribution < -0.4 is 10.5 Å². The first kappa shape index (κ1) is 13.6. The van der Waals surface area contributed by atoms with Crippen molar-refractivity contribution in [3.05, 3.63) is 47.8 Å². The van der Waals surface area contributed by atoms with Gasteiger partial charge in [0.2, 0.25) is 0 Å². The van der Waals surface area contributed by atoms with E-state index >= 15 is 0 Å². The van der Waals surface area contributed by atoms with Crippen molar-refractivity contribution in [3.63, 3.8) is 0 Å². The molecule has 0 aliphatic rings. The van der Waals surface area contributed by atoms with Gasteiger partial charge in [0.05, 0.1) is 25.0 Å². The molecule has 1 aromatic carbocycles. The van der Waals surface area contributed by atoms with E-state index in [0.29, 0.717) is 0 Å². The van der Waals surface area contributed by atoms with Crippen molar-refractivity contribution in [1.82, 2.24) is 9.78 Å². The van der Waals surface area contributed by atoms with Crippen molar-refractivity contribution in [3.8, 4) is 5.75 Å². The third kappa shape index (κ3) is 3.15. The van der Waals surface area contributed by atoms with Gasteiger partial charge in [-0.25, -0.2) is 0 Å². The van der Waals surface area contributed by atoms with E-state index in [0.717, 1.165) is 30.8 Å². The molecule has 1 heterocycles. The molecule has 2 aromatic rings. The molecule has 2 N–H and O–H groups in total. The molecule has 4 heteroatoms. The lowest BCUT2D eigenvalue weighted by Crippen LogP contribution is -2.19. The molecule has 0 bridgehead atoms. The number of ether oxygens (including phenoxy) is 1. The number of nitrogens with zero attached hydrogens (tertiary/aromatic N) is 2. The Morgan fingerprint density at radius 2 is 2.05 bits per heavy atom. The number of aromatic nitrogens is 2. The van der Waals surface area contributed by atoms with Crippen molar-refractivity contribution in [2.75, 3.05) is 7.11 Å². The smallest absolute Gasteiger partial charge is 0.161 e. The largest absolute Gasteiger partial charge is 0.493 e. The first-order valence-electron chi connectivity index (χ1n) is 6.65. The summed E-state index contributed by atoms with van der Waals surface area (Å²) in [6.45, 7) is 2.99. The van der Waals surface area contributed by atoms with E-state index in [1.54, 1.807) is 13.3 Å². The second-order valence-corrected chi connectivity index (χ2v) is 4.62. The number of hydrogen-bond donors (Lipinski definition) is 1. The summed E-state index contributed by atoms with van der Waals surface area (Å²) in [5, 5.41) is 4.35. The van der Waals surface area contributed by atoms with Gasteiger partial charge in [0.15, 0.2) is 5.75 Å². The Hall–Kier alpha value is -1.81. The zero-order chi connectivity index (χ0) is 13.7. The van der Waals surface area contributed by atoms with Crippen LogP contribution in [0.15, 0.2) is 36.5 Å². The molecule has 0 radical (unpaired) electrons. The second kappa shape index (κ2) is 6.38. The zero-order valence-corrected chi connectivity index (χ0v) is 11.5. The third-order valence-corrected chi connectivity index (χ3v) is 3.15. The van der Waals surface area contributed by atoms with Crippen LogP contribution in [-0.2, 0) is 13.0 Å². The number of benzene rings is 1. The maximum atomic E-state index is 6.34. The monoisotopic (exact) mass is 259 g/mol. The predicted molar refractivity (Wildman–Crippen MR) is 76.1 cm³/mol. The minimum Gasteiger partial charge on any atom is -0.493 e. The van der Waals surface area contributed by atoms with Crippen molar-refractivity contribution in [2.45, 2.75) is 32.4 Å². The van der Waals surface area contributed by atoms with Gasteiger partial charge in [-0.15, -0.1) is 0 Å². The van der Waals surface area contributed by atoms with E-state index in [4.69, 9.17) is 10.5 Å². The number of nitrogens with two attached hydrogens (primary N) is 1. The molecule has 4 nitrogen and oxygen atoms in total. The lowest BCUT2D eigenvalue weighted by atomic mass is 10.0. The summed E-state index contributed by atoms with van der Waals surface area (Å²) in [5.41, 5.74) is 8.54. The van der Waals surface area contributed by atoms with Crippen LogP contribution in [-0.4, -0.2) is 16.9 Å². The van der Waals surface area contributed by atoms with Crippen molar-refractivity contribution >= 4 is 0 Å². The van der Waals surface area contributed by atoms with E-state index < -0.39 is 0 Å². The number of rotatable bonds is 6. The SMILES string of the molecule is CCCn1ncc(OC)c1C(N)Cc1ccccc1. The lowest BCUT2D eigenvalue weighted by molar-refractivity contribution is 0.400. The normalized spacial score (nSPS) is 12.4. The van der Waals surface area contributed by atoms with E-state index in [2.05, 4.69) is 24.2 Å². The molecule has 102 valence electrons. The molecule has 0 aliphatic heterocycles. The Morgan fingerprint density at radius 3 is 2.68 bits per heavy atom. The highest BCUT2D eigenvalue weighted by atomic mass is 16.5. The molecule has 0 aliphatic carbocycles. The Kier molecular flexibility index (Phi) is 4.58. The van der Waals surface area contributed by atoms with Gasteiger partial charge >= 0.3 is 0 Å². The molecule has 0 saturated heterocycles. The molecule has 0 saturated carbocycles. The van der Waals surface area contributed by atoms with E-state index in [9.17, 15) is 0 Å².